The summed E-state index contributed by atoms with van der Waals surface area (Å²) in [5.74, 6) is 0. The van der Waals surface area contributed by atoms with Crippen molar-refractivity contribution in [2.45, 2.75) is 77.2 Å². The first kappa shape index (κ1) is 19.1. The van der Waals surface area contributed by atoms with E-state index in [4.69, 9.17) is 9.05 Å². The first-order valence-electron chi connectivity index (χ1n) is 8.50. The van der Waals surface area contributed by atoms with E-state index >= 15 is 0 Å². The highest BCUT2D eigenvalue weighted by atomic mass is 31.2. The number of phosphoric ester groups is 1. The van der Waals surface area contributed by atoms with Crippen LogP contribution in [0.1, 0.15) is 71.1 Å². The Kier molecular flexibility index (Phi) is 10.6. The van der Waals surface area contributed by atoms with Crippen LogP contribution in [-0.4, -0.2) is 30.7 Å². The Morgan fingerprint density at radius 1 is 1.10 bits per heavy atom. The number of rotatable bonds is 11. The molecule has 1 heterocycles. The highest BCUT2D eigenvalue weighted by molar-refractivity contribution is 7.47. The topological polar surface area (TPSA) is 67.8 Å². The Morgan fingerprint density at radius 3 is 2.57 bits per heavy atom. The van der Waals surface area contributed by atoms with Crippen LogP contribution in [0.25, 0.3) is 0 Å². The summed E-state index contributed by atoms with van der Waals surface area (Å²) in [6.45, 7) is 4.31. The molecule has 0 amide bonds. The average molecular weight is 321 g/mol. The van der Waals surface area contributed by atoms with Crippen molar-refractivity contribution >= 4 is 7.82 Å². The molecule has 0 aliphatic carbocycles. The third-order valence-corrected chi connectivity index (χ3v) is 4.88. The summed E-state index contributed by atoms with van der Waals surface area (Å²) < 4.78 is 22.2. The van der Waals surface area contributed by atoms with Gasteiger partial charge in [0.25, 0.3) is 0 Å². The van der Waals surface area contributed by atoms with Gasteiger partial charge in [0.2, 0.25) is 0 Å². The molecule has 0 aromatic heterocycles. The average Bonchev–Trinajstić information content (AvgIpc) is 2.70. The third-order valence-electron chi connectivity index (χ3n) is 3.81. The second-order valence-electron chi connectivity index (χ2n) is 5.83. The normalized spacial score (nSPS) is 22.7. The van der Waals surface area contributed by atoms with E-state index in [1.807, 2.05) is 0 Å². The van der Waals surface area contributed by atoms with Crippen molar-refractivity contribution in [2.24, 2.45) is 0 Å². The van der Waals surface area contributed by atoms with Crippen LogP contribution in [0.4, 0.5) is 0 Å². The molecule has 6 heteroatoms. The van der Waals surface area contributed by atoms with Gasteiger partial charge >= 0.3 is 7.82 Å². The second-order valence-corrected chi connectivity index (χ2v) is 7.24. The quantitative estimate of drug-likeness (QED) is 0.444. The molecule has 0 aromatic carbocycles. The van der Waals surface area contributed by atoms with Gasteiger partial charge in [0, 0.05) is 0 Å². The number of unbranched alkanes of at least 4 members (excludes halogenated alkanes) is 6. The van der Waals surface area contributed by atoms with Crippen LogP contribution in [0.2, 0.25) is 0 Å². The van der Waals surface area contributed by atoms with Crippen molar-refractivity contribution in [2.75, 3.05) is 19.7 Å². The molecule has 1 aliphatic heterocycles. The number of hydrogen-bond donors (Lipinski definition) is 2. The standard InChI is InChI=1S/C15H32NO4P/c1-2-3-4-5-6-7-8-14-19-21(17,18)20-15-10-9-12-16-13-11-15/h15-16H,2-14H2,1H3,(H,17,18). The van der Waals surface area contributed by atoms with Crippen molar-refractivity contribution in [1.29, 1.82) is 0 Å². The van der Waals surface area contributed by atoms with Gasteiger partial charge in [0.15, 0.2) is 0 Å². The summed E-state index contributed by atoms with van der Waals surface area (Å²) in [5.41, 5.74) is 0. The maximum Gasteiger partial charge on any atom is 0.472 e. The Labute approximate surface area is 129 Å². The van der Waals surface area contributed by atoms with E-state index in [1.165, 1.54) is 32.1 Å². The SMILES string of the molecule is CCCCCCCCCOP(=O)(O)OC1CCCNCC1. The fourth-order valence-corrected chi connectivity index (χ4v) is 3.56. The predicted octanol–water partition coefficient (Wildman–Crippen LogP) is 4.01. The minimum absolute atomic E-state index is 0.162. The maximum atomic E-state index is 11.9. The number of nitrogens with one attached hydrogen (secondary N) is 1. The first-order valence-corrected chi connectivity index (χ1v) is 10.00. The van der Waals surface area contributed by atoms with E-state index in [0.29, 0.717) is 6.61 Å². The van der Waals surface area contributed by atoms with Crippen LogP contribution >= 0.6 is 7.82 Å². The van der Waals surface area contributed by atoms with Gasteiger partial charge in [-0.05, 0) is 38.8 Å². The summed E-state index contributed by atoms with van der Waals surface area (Å²) in [7, 11) is -3.87. The largest absolute Gasteiger partial charge is 0.472 e. The second kappa shape index (κ2) is 11.6. The summed E-state index contributed by atoms with van der Waals surface area (Å²) in [5, 5.41) is 3.25. The van der Waals surface area contributed by atoms with Crippen LogP contribution in [0.15, 0.2) is 0 Å². The molecule has 0 aromatic rings. The molecular formula is C15H32NO4P. The third kappa shape index (κ3) is 10.4. The Morgan fingerprint density at radius 2 is 1.81 bits per heavy atom. The zero-order valence-electron chi connectivity index (χ0n) is 13.4. The van der Waals surface area contributed by atoms with E-state index in [2.05, 4.69) is 12.2 Å². The van der Waals surface area contributed by atoms with Crippen LogP contribution in [-0.2, 0) is 13.6 Å². The summed E-state index contributed by atoms with van der Waals surface area (Å²) >= 11 is 0. The lowest BCUT2D eigenvalue weighted by Gasteiger charge is -2.19. The lowest BCUT2D eigenvalue weighted by atomic mass is 10.1. The molecule has 1 rings (SSSR count). The predicted molar refractivity (Wildman–Crippen MR) is 85.4 cm³/mol. The van der Waals surface area contributed by atoms with E-state index in [0.717, 1.165) is 45.2 Å². The van der Waals surface area contributed by atoms with Gasteiger partial charge in [-0.15, -0.1) is 0 Å². The zero-order chi connectivity index (χ0) is 15.4. The minimum atomic E-state index is -3.87. The molecule has 1 aliphatic rings. The van der Waals surface area contributed by atoms with Crippen molar-refractivity contribution in [3.8, 4) is 0 Å². The molecule has 21 heavy (non-hydrogen) atoms. The molecular weight excluding hydrogens is 289 g/mol. The van der Waals surface area contributed by atoms with Crippen molar-refractivity contribution in [3.63, 3.8) is 0 Å². The van der Waals surface area contributed by atoms with E-state index in [9.17, 15) is 9.46 Å². The van der Waals surface area contributed by atoms with Crippen molar-refractivity contribution < 1.29 is 18.5 Å². The summed E-state index contributed by atoms with van der Waals surface area (Å²) in [6.07, 6.45) is 10.5. The molecule has 2 N–H and O–H groups in total. The van der Waals surface area contributed by atoms with Gasteiger partial charge in [-0.3, -0.25) is 9.05 Å². The lowest BCUT2D eigenvalue weighted by Crippen LogP contribution is -2.17. The fourth-order valence-electron chi connectivity index (χ4n) is 2.55. The molecule has 5 nitrogen and oxygen atoms in total. The van der Waals surface area contributed by atoms with E-state index in [1.54, 1.807) is 0 Å². The molecule has 1 saturated heterocycles. The van der Waals surface area contributed by atoms with Gasteiger partial charge < -0.3 is 10.2 Å². The Bertz CT molecular complexity index is 293. The Hall–Kier alpha value is 0.0700. The highest BCUT2D eigenvalue weighted by Gasteiger charge is 2.26. The van der Waals surface area contributed by atoms with Gasteiger partial charge in [0.05, 0.1) is 12.7 Å². The summed E-state index contributed by atoms with van der Waals surface area (Å²) in [6, 6.07) is 0. The summed E-state index contributed by atoms with van der Waals surface area (Å²) in [4.78, 5) is 9.72. The molecule has 0 spiro atoms. The maximum absolute atomic E-state index is 11.9. The van der Waals surface area contributed by atoms with Gasteiger partial charge in [-0.1, -0.05) is 45.4 Å². The smallest absolute Gasteiger partial charge is 0.317 e. The number of phosphoric acid groups is 1. The highest BCUT2D eigenvalue weighted by Crippen LogP contribution is 2.45. The van der Waals surface area contributed by atoms with Gasteiger partial charge in [-0.25, -0.2) is 4.57 Å². The monoisotopic (exact) mass is 321 g/mol. The van der Waals surface area contributed by atoms with Crippen molar-refractivity contribution in [1.82, 2.24) is 5.32 Å². The van der Waals surface area contributed by atoms with Gasteiger partial charge in [-0.2, -0.15) is 0 Å². The van der Waals surface area contributed by atoms with Crippen molar-refractivity contribution in [3.05, 3.63) is 0 Å². The molecule has 2 atom stereocenters. The molecule has 2 unspecified atom stereocenters. The molecule has 1 fully saturated rings. The fraction of sp³-hybridized carbons (Fsp3) is 1.00. The molecule has 0 radical (unpaired) electrons. The van der Waals surface area contributed by atoms with E-state index < -0.39 is 7.82 Å². The van der Waals surface area contributed by atoms with Crippen LogP contribution in [0, 0.1) is 0 Å². The van der Waals surface area contributed by atoms with Crippen LogP contribution in [0.3, 0.4) is 0 Å². The Balaban J connectivity index is 2.05. The zero-order valence-corrected chi connectivity index (χ0v) is 14.3. The molecule has 0 bridgehead atoms. The first-order chi connectivity index (χ1) is 10.1. The van der Waals surface area contributed by atoms with Crippen LogP contribution in [0.5, 0.6) is 0 Å². The lowest BCUT2D eigenvalue weighted by molar-refractivity contribution is 0.0962. The van der Waals surface area contributed by atoms with Crippen LogP contribution < -0.4 is 5.32 Å². The number of hydrogen-bond acceptors (Lipinski definition) is 4. The van der Waals surface area contributed by atoms with E-state index in [-0.39, 0.29) is 6.10 Å². The molecule has 0 saturated carbocycles. The molecule has 126 valence electrons. The van der Waals surface area contributed by atoms with Gasteiger partial charge in [0.1, 0.15) is 0 Å². The minimum Gasteiger partial charge on any atom is -0.317 e.